The molecular formula is C20H26N2O4S. The van der Waals surface area contributed by atoms with Crippen LogP contribution in [0.25, 0.3) is 0 Å². The van der Waals surface area contributed by atoms with Gasteiger partial charge in [-0.05, 0) is 55.7 Å². The van der Waals surface area contributed by atoms with Crippen LogP contribution in [0.3, 0.4) is 0 Å². The summed E-state index contributed by atoms with van der Waals surface area (Å²) < 4.78 is 29.8. The number of anilines is 1. The summed E-state index contributed by atoms with van der Waals surface area (Å²) in [5, 5.41) is 2.87. The molecule has 2 aromatic rings. The predicted octanol–water partition coefficient (Wildman–Crippen LogP) is 2.84. The van der Waals surface area contributed by atoms with E-state index in [0.717, 1.165) is 29.2 Å². The fourth-order valence-electron chi connectivity index (χ4n) is 2.55. The standard InChI is InChI=1S/C20H26N2O4S/c1-4-26-19-12-10-16(11-13-19)7-6-14-21-20(23)17-8-5-9-18(15-17)22(2)27(3,24)25/h5,8-13,15H,4,6-7,14H2,1-3H3,(H,21,23). The van der Waals surface area contributed by atoms with Gasteiger partial charge in [0, 0.05) is 19.2 Å². The molecule has 0 aliphatic rings. The van der Waals surface area contributed by atoms with E-state index in [1.165, 1.54) is 12.6 Å². The lowest BCUT2D eigenvalue weighted by Crippen LogP contribution is -2.27. The number of nitrogens with zero attached hydrogens (tertiary/aromatic N) is 1. The first-order valence-electron chi connectivity index (χ1n) is 8.85. The van der Waals surface area contributed by atoms with Crippen molar-refractivity contribution in [3.8, 4) is 5.75 Å². The minimum Gasteiger partial charge on any atom is -0.494 e. The highest BCUT2D eigenvalue weighted by molar-refractivity contribution is 7.92. The van der Waals surface area contributed by atoms with E-state index < -0.39 is 10.0 Å². The van der Waals surface area contributed by atoms with Crippen LogP contribution in [-0.2, 0) is 16.4 Å². The molecule has 6 nitrogen and oxygen atoms in total. The second kappa shape index (κ2) is 9.41. The van der Waals surface area contributed by atoms with Crippen molar-refractivity contribution in [3.05, 3.63) is 59.7 Å². The topological polar surface area (TPSA) is 75.7 Å². The Kier molecular flexibility index (Phi) is 7.24. The molecule has 0 saturated heterocycles. The van der Waals surface area contributed by atoms with E-state index in [1.54, 1.807) is 24.3 Å². The summed E-state index contributed by atoms with van der Waals surface area (Å²) in [6.07, 6.45) is 2.78. The number of aryl methyl sites for hydroxylation is 1. The molecule has 1 amide bonds. The number of amides is 1. The van der Waals surface area contributed by atoms with Gasteiger partial charge in [0.15, 0.2) is 0 Å². The Morgan fingerprint density at radius 2 is 1.85 bits per heavy atom. The number of hydrogen-bond acceptors (Lipinski definition) is 4. The molecule has 0 radical (unpaired) electrons. The summed E-state index contributed by atoms with van der Waals surface area (Å²) in [5.41, 5.74) is 2.08. The number of hydrogen-bond donors (Lipinski definition) is 1. The first kappa shape index (κ1) is 20.8. The summed E-state index contributed by atoms with van der Waals surface area (Å²) in [4.78, 5) is 12.3. The van der Waals surface area contributed by atoms with E-state index in [4.69, 9.17) is 4.74 Å². The highest BCUT2D eigenvalue weighted by atomic mass is 32.2. The Bertz CT molecular complexity index is 864. The predicted molar refractivity (Wildman–Crippen MR) is 108 cm³/mol. The fraction of sp³-hybridized carbons (Fsp3) is 0.350. The molecule has 0 fully saturated rings. The van der Waals surface area contributed by atoms with Crippen LogP contribution in [0.4, 0.5) is 5.69 Å². The maximum Gasteiger partial charge on any atom is 0.251 e. The fourth-order valence-corrected chi connectivity index (χ4v) is 3.05. The maximum absolute atomic E-state index is 12.3. The van der Waals surface area contributed by atoms with Crippen LogP contribution in [0.2, 0.25) is 0 Å². The average molecular weight is 391 g/mol. The molecule has 0 spiro atoms. The first-order valence-corrected chi connectivity index (χ1v) is 10.7. The summed E-state index contributed by atoms with van der Waals surface area (Å²) in [6, 6.07) is 14.5. The quantitative estimate of drug-likeness (QED) is 0.668. The number of benzene rings is 2. The van der Waals surface area contributed by atoms with E-state index >= 15 is 0 Å². The zero-order chi connectivity index (χ0) is 19.9. The molecule has 0 bridgehead atoms. The lowest BCUT2D eigenvalue weighted by atomic mass is 10.1. The summed E-state index contributed by atoms with van der Waals surface area (Å²) >= 11 is 0. The Morgan fingerprint density at radius 3 is 2.48 bits per heavy atom. The van der Waals surface area contributed by atoms with Gasteiger partial charge in [-0.1, -0.05) is 18.2 Å². The van der Waals surface area contributed by atoms with Crippen LogP contribution in [-0.4, -0.2) is 40.8 Å². The van der Waals surface area contributed by atoms with Crippen molar-refractivity contribution in [3.63, 3.8) is 0 Å². The molecule has 0 heterocycles. The summed E-state index contributed by atoms with van der Waals surface area (Å²) in [7, 11) is -1.90. The van der Waals surface area contributed by atoms with Gasteiger partial charge in [-0.2, -0.15) is 0 Å². The van der Waals surface area contributed by atoms with Crippen LogP contribution in [0, 0.1) is 0 Å². The van der Waals surface area contributed by atoms with E-state index in [9.17, 15) is 13.2 Å². The first-order chi connectivity index (χ1) is 12.8. The van der Waals surface area contributed by atoms with Crippen LogP contribution in [0.5, 0.6) is 5.75 Å². The normalized spacial score (nSPS) is 11.1. The van der Waals surface area contributed by atoms with Gasteiger partial charge in [0.1, 0.15) is 5.75 Å². The minimum absolute atomic E-state index is 0.217. The molecule has 0 aliphatic heterocycles. The third-order valence-electron chi connectivity index (χ3n) is 4.13. The molecule has 0 aromatic heterocycles. The van der Waals surface area contributed by atoms with Gasteiger partial charge in [0.05, 0.1) is 18.6 Å². The Labute approximate surface area is 161 Å². The van der Waals surface area contributed by atoms with Crippen LogP contribution >= 0.6 is 0 Å². The molecule has 146 valence electrons. The van der Waals surface area contributed by atoms with Crippen molar-refractivity contribution in [2.24, 2.45) is 0 Å². The molecule has 0 saturated carbocycles. The highest BCUT2D eigenvalue weighted by Gasteiger charge is 2.14. The maximum atomic E-state index is 12.3. The van der Waals surface area contributed by atoms with Crippen LogP contribution < -0.4 is 14.4 Å². The number of carbonyl (C=O) groups is 1. The molecule has 1 N–H and O–H groups in total. The Hall–Kier alpha value is -2.54. The van der Waals surface area contributed by atoms with Crippen molar-refractivity contribution in [1.82, 2.24) is 5.32 Å². The van der Waals surface area contributed by atoms with Gasteiger partial charge < -0.3 is 10.1 Å². The molecule has 7 heteroatoms. The largest absolute Gasteiger partial charge is 0.494 e. The van der Waals surface area contributed by atoms with Gasteiger partial charge in [-0.25, -0.2) is 8.42 Å². The van der Waals surface area contributed by atoms with E-state index in [2.05, 4.69) is 5.32 Å². The van der Waals surface area contributed by atoms with E-state index in [1.807, 2.05) is 31.2 Å². The van der Waals surface area contributed by atoms with E-state index in [0.29, 0.717) is 24.4 Å². The zero-order valence-corrected chi connectivity index (χ0v) is 16.8. The van der Waals surface area contributed by atoms with Crippen molar-refractivity contribution in [1.29, 1.82) is 0 Å². The van der Waals surface area contributed by atoms with Gasteiger partial charge in [-0.3, -0.25) is 9.10 Å². The van der Waals surface area contributed by atoms with Crippen molar-refractivity contribution in [2.75, 3.05) is 30.8 Å². The molecule has 2 rings (SSSR count). The molecular weight excluding hydrogens is 364 g/mol. The van der Waals surface area contributed by atoms with Crippen molar-refractivity contribution in [2.45, 2.75) is 19.8 Å². The van der Waals surface area contributed by atoms with Crippen molar-refractivity contribution < 1.29 is 17.9 Å². The van der Waals surface area contributed by atoms with Gasteiger partial charge in [0.2, 0.25) is 10.0 Å². The number of sulfonamides is 1. The monoisotopic (exact) mass is 390 g/mol. The number of ether oxygens (including phenoxy) is 1. The lowest BCUT2D eigenvalue weighted by molar-refractivity contribution is 0.0953. The number of rotatable bonds is 9. The molecule has 27 heavy (non-hydrogen) atoms. The average Bonchev–Trinajstić information content (AvgIpc) is 2.65. The molecule has 2 aromatic carbocycles. The Balaban J connectivity index is 1.85. The zero-order valence-electron chi connectivity index (χ0n) is 15.9. The van der Waals surface area contributed by atoms with Gasteiger partial charge in [0.25, 0.3) is 5.91 Å². The second-order valence-corrected chi connectivity index (χ2v) is 8.23. The molecule has 0 atom stereocenters. The minimum atomic E-state index is -3.36. The smallest absolute Gasteiger partial charge is 0.251 e. The third kappa shape index (κ3) is 6.29. The highest BCUT2D eigenvalue weighted by Crippen LogP contribution is 2.17. The number of nitrogens with one attached hydrogen (secondary N) is 1. The summed E-state index contributed by atoms with van der Waals surface area (Å²) in [5.74, 6) is 0.638. The third-order valence-corrected chi connectivity index (χ3v) is 5.34. The molecule has 0 unspecified atom stereocenters. The second-order valence-electron chi connectivity index (χ2n) is 6.22. The number of carbonyl (C=O) groups excluding carboxylic acids is 1. The SMILES string of the molecule is CCOc1ccc(CCCNC(=O)c2cccc(N(C)S(C)(=O)=O)c2)cc1. The van der Waals surface area contributed by atoms with Crippen LogP contribution in [0.1, 0.15) is 29.3 Å². The van der Waals surface area contributed by atoms with E-state index in [-0.39, 0.29) is 5.91 Å². The summed E-state index contributed by atoms with van der Waals surface area (Å²) in [6.45, 7) is 3.14. The van der Waals surface area contributed by atoms with Gasteiger partial charge in [-0.15, -0.1) is 0 Å². The van der Waals surface area contributed by atoms with Gasteiger partial charge >= 0.3 is 0 Å². The Morgan fingerprint density at radius 1 is 1.15 bits per heavy atom. The lowest BCUT2D eigenvalue weighted by Gasteiger charge is -2.17. The molecule has 0 aliphatic carbocycles. The van der Waals surface area contributed by atoms with Crippen molar-refractivity contribution >= 4 is 21.6 Å². The van der Waals surface area contributed by atoms with Crippen LogP contribution in [0.15, 0.2) is 48.5 Å².